The molecule has 1 aromatic heterocycles. The topological polar surface area (TPSA) is 74.8 Å². The maximum Gasteiger partial charge on any atom is 0.339 e. The zero-order valence-electron chi connectivity index (χ0n) is 18.7. The summed E-state index contributed by atoms with van der Waals surface area (Å²) in [4.78, 5) is 16.0. The summed E-state index contributed by atoms with van der Waals surface area (Å²) in [6.07, 6.45) is 1.74. The molecule has 0 spiro atoms. The second-order valence-electron chi connectivity index (χ2n) is 8.00. The fraction of sp³-hybridized carbons (Fsp3) is 0. The lowest BCUT2D eigenvalue weighted by molar-refractivity contribution is 0.0693. The molecule has 5 heteroatoms. The van der Waals surface area contributed by atoms with Crippen LogP contribution >= 0.6 is 0 Å². The third-order valence-corrected chi connectivity index (χ3v) is 5.72. The van der Waals surface area contributed by atoms with Crippen molar-refractivity contribution in [3.8, 4) is 34.0 Å². The van der Waals surface area contributed by atoms with Crippen LogP contribution in [0.25, 0.3) is 28.2 Å². The molecule has 0 bridgehead atoms. The highest BCUT2D eigenvalue weighted by Gasteiger charge is 2.18. The van der Waals surface area contributed by atoms with Gasteiger partial charge >= 0.3 is 5.97 Å². The van der Waals surface area contributed by atoms with Crippen molar-refractivity contribution in [1.29, 1.82) is 0 Å². The average Bonchev–Trinajstić information content (AvgIpc) is 3.29. The van der Waals surface area contributed by atoms with Gasteiger partial charge < -0.3 is 14.8 Å². The molecule has 0 aliphatic heterocycles. The van der Waals surface area contributed by atoms with E-state index in [0.717, 1.165) is 33.8 Å². The molecule has 5 rings (SSSR count). The van der Waals surface area contributed by atoms with Gasteiger partial charge in [-0.25, -0.2) is 4.79 Å². The first-order valence-electron chi connectivity index (χ1n) is 11.1. The van der Waals surface area contributed by atoms with Crippen molar-refractivity contribution in [2.75, 3.05) is 0 Å². The highest BCUT2D eigenvalue weighted by Crippen LogP contribution is 2.35. The number of hydrogen-bond acceptors (Lipinski definition) is 3. The number of carboxylic acids is 1. The zero-order valence-corrected chi connectivity index (χ0v) is 18.7. The van der Waals surface area contributed by atoms with E-state index < -0.39 is 5.97 Å². The molecule has 0 saturated carbocycles. The lowest BCUT2D eigenvalue weighted by Crippen LogP contribution is -2.00. The average molecular weight is 459 g/mol. The fourth-order valence-corrected chi connectivity index (χ4v) is 4.11. The number of aromatic carboxylic acids is 1. The van der Waals surface area contributed by atoms with Crippen LogP contribution in [0.4, 0.5) is 5.69 Å². The molecule has 0 fully saturated rings. The summed E-state index contributed by atoms with van der Waals surface area (Å²) in [7, 11) is 0. The standard InChI is InChI=1S/C30H22N2O3/c33-28-17-16-24(19-26(28)30(34)35)31-20-23-18-27(21-10-4-1-5-11-21)32(25-14-8-3-9-15-25)29(23)22-12-6-2-7-13-22/h1-20,33H,(H,34,35). The first-order valence-corrected chi connectivity index (χ1v) is 11.1. The molecule has 0 aliphatic carbocycles. The molecule has 1 heterocycles. The van der Waals surface area contributed by atoms with E-state index in [0.29, 0.717) is 5.69 Å². The number of hydrogen-bond donors (Lipinski definition) is 2. The van der Waals surface area contributed by atoms with Crippen molar-refractivity contribution in [1.82, 2.24) is 4.57 Å². The van der Waals surface area contributed by atoms with Gasteiger partial charge in [-0.15, -0.1) is 0 Å². The SMILES string of the molecule is O=C(O)c1cc(N=Cc2cc(-c3ccccc3)n(-c3ccccc3)c2-c2ccccc2)ccc1O. The Balaban J connectivity index is 1.74. The maximum absolute atomic E-state index is 11.4. The van der Waals surface area contributed by atoms with Gasteiger partial charge in [-0.05, 0) is 47.5 Å². The Bertz CT molecular complexity index is 1510. The van der Waals surface area contributed by atoms with Crippen LogP contribution in [0.3, 0.4) is 0 Å². The molecule has 0 saturated heterocycles. The van der Waals surface area contributed by atoms with Crippen LogP contribution in [-0.2, 0) is 0 Å². The number of phenols is 1. The third-order valence-electron chi connectivity index (χ3n) is 5.72. The van der Waals surface area contributed by atoms with Crippen molar-refractivity contribution in [2.24, 2.45) is 4.99 Å². The molecule has 0 unspecified atom stereocenters. The Kier molecular flexibility index (Phi) is 5.97. The summed E-state index contributed by atoms with van der Waals surface area (Å²) in [5, 5.41) is 19.2. The van der Waals surface area contributed by atoms with E-state index in [1.807, 2.05) is 54.6 Å². The van der Waals surface area contributed by atoms with Gasteiger partial charge in [-0.1, -0.05) is 78.9 Å². The molecule has 4 aromatic carbocycles. The van der Waals surface area contributed by atoms with Gasteiger partial charge in [0.15, 0.2) is 0 Å². The van der Waals surface area contributed by atoms with Gasteiger partial charge in [0.1, 0.15) is 11.3 Å². The van der Waals surface area contributed by atoms with Crippen molar-refractivity contribution >= 4 is 17.9 Å². The van der Waals surface area contributed by atoms with Crippen LogP contribution in [0.1, 0.15) is 15.9 Å². The largest absolute Gasteiger partial charge is 0.507 e. The molecule has 2 N–H and O–H groups in total. The number of aromatic hydroxyl groups is 1. The lowest BCUT2D eigenvalue weighted by Gasteiger charge is -2.15. The van der Waals surface area contributed by atoms with Crippen LogP contribution in [0.5, 0.6) is 5.75 Å². The Hall–Kier alpha value is -4.90. The normalized spacial score (nSPS) is 11.1. The summed E-state index contributed by atoms with van der Waals surface area (Å²) in [5.74, 6) is -1.49. The van der Waals surface area contributed by atoms with E-state index in [9.17, 15) is 15.0 Å². The minimum Gasteiger partial charge on any atom is -0.507 e. The second kappa shape index (κ2) is 9.53. The van der Waals surface area contributed by atoms with Crippen molar-refractivity contribution < 1.29 is 15.0 Å². The second-order valence-corrected chi connectivity index (χ2v) is 8.00. The Morgan fingerprint density at radius 2 is 1.34 bits per heavy atom. The van der Waals surface area contributed by atoms with E-state index in [2.05, 4.69) is 52.0 Å². The van der Waals surface area contributed by atoms with E-state index in [1.54, 1.807) is 12.3 Å². The van der Waals surface area contributed by atoms with E-state index in [-0.39, 0.29) is 11.3 Å². The number of nitrogens with zero attached hydrogens (tertiary/aromatic N) is 2. The predicted octanol–water partition coefficient (Wildman–Crippen LogP) is 6.97. The van der Waals surface area contributed by atoms with Gasteiger partial charge in [0, 0.05) is 17.5 Å². The number of aliphatic imine (C=N–C) groups is 1. The molecule has 5 nitrogen and oxygen atoms in total. The number of carbonyl (C=O) groups is 1. The first kappa shape index (κ1) is 21.9. The molecule has 35 heavy (non-hydrogen) atoms. The molecule has 5 aromatic rings. The minimum atomic E-state index is -1.20. The van der Waals surface area contributed by atoms with E-state index >= 15 is 0 Å². The van der Waals surface area contributed by atoms with E-state index in [4.69, 9.17) is 0 Å². The van der Waals surface area contributed by atoms with Gasteiger partial charge in [0.05, 0.1) is 17.1 Å². The molecule has 0 aliphatic rings. The quantitative estimate of drug-likeness (QED) is 0.270. The van der Waals surface area contributed by atoms with Crippen molar-refractivity contribution in [3.63, 3.8) is 0 Å². The molecule has 0 amide bonds. The number of benzene rings is 4. The smallest absolute Gasteiger partial charge is 0.339 e. The van der Waals surface area contributed by atoms with Crippen molar-refractivity contribution in [3.05, 3.63) is 126 Å². The number of aromatic nitrogens is 1. The predicted molar refractivity (Wildman–Crippen MR) is 139 cm³/mol. The first-order chi connectivity index (χ1) is 17.1. The number of carboxylic acid groups (broad SMARTS) is 1. The van der Waals surface area contributed by atoms with Gasteiger partial charge in [0.25, 0.3) is 0 Å². The maximum atomic E-state index is 11.4. The fourth-order valence-electron chi connectivity index (χ4n) is 4.11. The third kappa shape index (κ3) is 4.48. The van der Waals surface area contributed by atoms with E-state index in [1.165, 1.54) is 12.1 Å². The Labute approximate surface area is 202 Å². The van der Waals surface area contributed by atoms with Gasteiger partial charge in [-0.2, -0.15) is 0 Å². The molecular weight excluding hydrogens is 436 g/mol. The lowest BCUT2D eigenvalue weighted by atomic mass is 10.1. The van der Waals surface area contributed by atoms with Gasteiger partial charge in [0.2, 0.25) is 0 Å². The van der Waals surface area contributed by atoms with Crippen LogP contribution in [0, 0.1) is 0 Å². The summed E-state index contributed by atoms with van der Waals surface area (Å²) < 4.78 is 2.21. The Morgan fingerprint density at radius 3 is 1.97 bits per heavy atom. The summed E-state index contributed by atoms with van der Waals surface area (Å²) in [6, 6.07) is 36.8. The minimum absolute atomic E-state index is 0.185. The summed E-state index contributed by atoms with van der Waals surface area (Å²) in [5.41, 5.74) is 6.21. The molecule has 0 atom stereocenters. The molecule has 0 radical (unpaired) electrons. The number of para-hydroxylation sites is 1. The van der Waals surface area contributed by atoms with Crippen LogP contribution in [0.2, 0.25) is 0 Å². The van der Waals surface area contributed by atoms with Crippen LogP contribution in [0.15, 0.2) is 120 Å². The van der Waals surface area contributed by atoms with Gasteiger partial charge in [-0.3, -0.25) is 4.99 Å². The van der Waals surface area contributed by atoms with Crippen LogP contribution < -0.4 is 0 Å². The highest BCUT2D eigenvalue weighted by atomic mass is 16.4. The summed E-state index contributed by atoms with van der Waals surface area (Å²) >= 11 is 0. The molecular formula is C30H22N2O3. The van der Waals surface area contributed by atoms with Crippen LogP contribution in [-0.4, -0.2) is 27.0 Å². The zero-order chi connectivity index (χ0) is 24.2. The Morgan fingerprint density at radius 1 is 0.743 bits per heavy atom. The highest BCUT2D eigenvalue weighted by molar-refractivity contribution is 5.96. The summed E-state index contributed by atoms with van der Waals surface area (Å²) in [6.45, 7) is 0. The molecule has 170 valence electrons. The monoisotopic (exact) mass is 458 g/mol. The number of rotatable bonds is 6. The van der Waals surface area contributed by atoms with Crippen molar-refractivity contribution in [2.45, 2.75) is 0 Å².